The third kappa shape index (κ3) is 45.6. The van der Waals surface area contributed by atoms with Gasteiger partial charge >= 0.3 is 23.9 Å². The quantitative estimate of drug-likeness (QED) is 0.0228. The van der Waals surface area contributed by atoms with Gasteiger partial charge in [-0.2, -0.15) is 0 Å². The summed E-state index contributed by atoms with van der Waals surface area (Å²) < 4.78 is 28.4. The molecular formula is C69H112O12. The molecule has 6 atom stereocenters. The fraction of sp³-hybridized carbons (Fsp3) is 0.681. The maximum atomic E-state index is 13.2. The molecular weight excluding hydrogens is 1020 g/mol. The number of rotatable bonds is 53. The second-order valence-electron chi connectivity index (χ2n) is 21.3. The second-order valence-corrected chi connectivity index (χ2v) is 21.3. The third-order valence-corrected chi connectivity index (χ3v) is 13.8. The number of carbonyl (C=O) groups excluding carboxylic acids is 3. The number of hydrogen-bond acceptors (Lipinski definition) is 11. The van der Waals surface area contributed by atoms with Gasteiger partial charge in [0.2, 0.25) is 0 Å². The first kappa shape index (κ1) is 74.4. The zero-order valence-electron chi connectivity index (χ0n) is 50.7. The van der Waals surface area contributed by atoms with E-state index < -0.39 is 67.3 Å². The molecule has 1 heterocycles. The van der Waals surface area contributed by atoms with Gasteiger partial charge in [-0.3, -0.25) is 14.4 Å². The molecule has 1 aliphatic rings. The number of carboxylic acids is 1. The predicted molar refractivity (Wildman–Crippen MR) is 330 cm³/mol. The summed E-state index contributed by atoms with van der Waals surface area (Å²) in [7, 11) is 0. The van der Waals surface area contributed by atoms with E-state index in [2.05, 4.69) is 118 Å². The first-order valence-corrected chi connectivity index (χ1v) is 31.9. The molecule has 3 N–H and O–H groups in total. The molecule has 460 valence electrons. The van der Waals surface area contributed by atoms with Crippen molar-refractivity contribution in [2.45, 2.75) is 289 Å². The number of carboxylic acid groups (broad SMARTS) is 1. The molecule has 0 saturated carbocycles. The van der Waals surface area contributed by atoms with Crippen LogP contribution in [0.15, 0.2) is 109 Å². The molecule has 0 amide bonds. The van der Waals surface area contributed by atoms with Crippen molar-refractivity contribution in [1.29, 1.82) is 0 Å². The number of carbonyl (C=O) groups is 4. The van der Waals surface area contributed by atoms with E-state index in [1.54, 1.807) is 0 Å². The molecule has 12 nitrogen and oxygen atoms in total. The Morgan fingerprint density at radius 2 is 0.802 bits per heavy atom. The van der Waals surface area contributed by atoms with Gasteiger partial charge in [-0.05, 0) is 116 Å². The molecule has 1 rings (SSSR count). The summed E-state index contributed by atoms with van der Waals surface area (Å²) in [5.74, 6) is -3.26. The molecule has 1 aliphatic heterocycles. The normalized spacial score (nSPS) is 18.5. The largest absolute Gasteiger partial charge is 0.479 e. The highest BCUT2D eigenvalue weighted by atomic mass is 16.7. The first-order chi connectivity index (χ1) is 39.6. The Labute approximate surface area is 491 Å². The van der Waals surface area contributed by atoms with Gasteiger partial charge in [0, 0.05) is 19.3 Å². The van der Waals surface area contributed by atoms with Crippen molar-refractivity contribution >= 4 is 23.9 Å². The summed E-state index contributed by atoms with van der Waals surface area (Å²) in [6, 6.07) is 0. The Morgan fingerprint density at radius 3 is 1.27 bits per heavy atom. The monoisotopic (exact) mass is 1130 g/mol. The zero-order chi connectivity index (χ0) is 58.9. The van der Waals surface area contributed by atoms with E-state index in [1.165, 1.54) is 77.0 Å². The predicted octanol–water partition coefficient (Wildman–Crippen LogP) is 17.0. The summed E-state index contributed by atoms with van der Waals surface area (Å²) in [6.07, 6.45) is 63.4. The van der Waals surface area contributed by atoms with Crippen LogP contribution in [0, 0.1) is 0 Å². The van der Waals surface area contributed by atoms with Crippen LogP contribution in [-0.2, 0) is 42.9 Å². The highest BCUT2D eigenvalue weighted by molar-refractivity contribution is 5.74. The molecule has 12 heteroatoms. The number of ether oxygens (including phenoxy) is 5. The van der Waals surface area contributed by atoms with Crippen molar-refractivity contribution in [1.82, 2.24) is 0 Å². The molecule has 0 radical (unpaired) electrons. The first-order valence-electron chi connectivity index (χ1n) is 31.9. The topological polar surface area (TPSA) is 175 Å². The molecule has 0 spiro atoms. The SMILES string of the molecule is CC/C=C\C/C=C\C/C=C\C/C=C\C/C=C\C/C=C\CCC(=O)OCC(COC1OC(C(=O)O)C(O)C(O)C1OC(=O)CCCCCCC/C=C\C/C=C\CCCCC)OC(=O)CCCCCCCCC/C=C\CCCCCCCC. The van der Waals surface area contributed by atoms with Gasteiger partial charge in [0.15, 0.2) is 24.6 Å². The minimum atomic E-state index is -1.92. The molecule has 1 saturated heterocycles. The Balaban J connectivity index is 2.74. The van der Waals surface area contributed by atoms with Crippen LogP contribution in [0.4, 0.5) is 0 Å². The Bertz CT molecular complexity index is 1820. The van der Waals surface area contributed by atoms with Crippen molar-refractivity contribution in [2.75, 3.05) is 13.2 Å². The molecule has 0 aliphatic carbocycles. The van der Waals surface area contributed by atoms with Crippen LogP contribution in [0.1, 0.15) is 252 Å². The van der Waals surface area contributed by atoms with E-state index in [1.807, 2.05) is 12.2 Å². The fourth-order valence-electron chi connectivity index (χ4n) is 8.95. The second kappa shape index (κ2) is 55.9. The van der Waals surface area contributed by atoms with E-state index in [4.69, 9.17) is 23.7 Å². The lowest BCUT2D eigenvalue weighted by Gasteiger charge is -2.40. The maximum Gasteiger partial charge on any atom is 0.335 e. The average Bonchev–Trinajstić information content (AvgIpc) is 3.53. The van der Waals surface area contributed by atoms with Crippen molar-refractivity contribution in [3.8, 4) is 0 Å². The summed E-state index contributed by atoms with van der Waals surface area (Å²) in [5.41, 5.74) is 0. The molecule has 81 heavy (non-hydrogen) atoms. The number of esters is 3. The lowest BCUT2D eigenvalue weighted by atomic mass is 9.98. The average molecular weight is 1130 g/mol. The third-order valence-electron chi connectivity index (χ3n) is 13.8. The fourth-order valence-corrected chi connectivity index (χ4v) is 8.95. The molecule has 1 fully saturated rings. The van der Waals surface area contributed by atoms with Crippen LogP contribution in [0.25, 0.3) is 0 Å². The smallest absolute Gasteiger partial charge is 0.335 e. The van der Waals surface area contributed by atoms with Crippen LogP contribution in [-0.4, -0.2) is 89.2 Å². The summed E-state index contributed by atoms with van der Waals surface area (Å²) >= 11 is 0. The Morgan fingerprint density at radius 1 is 0.420 bits per heavy atom. The molecule has 0 aromatic carbocycles. The Kier molecular flexibility index (Phi) is 51.3. The number of aliphatic hydroxyl groups excluding tert-OH is 2. The van der Waals surface area contributed by atoms with Crippen LogP contribution in [0.3, 0.4) is 0 Å². The van der Waals surface area contributed by atoms with Crippen molar-refractivity contribution in [2.24, 2.45) is 0 Å². The van der Waals surface area contributed by atoms with E-state index in [-0.39, 0.29) is 25.9 Å². The van der Waals surface area contributed by atoms with Crippen LogP contribution < -0.4 is 0 Å². The summed E-state index contributed by atoms with van der Waals surface area (Å²) in [5, 5.41) is 31.6. The van der Waals surface area contributed by atoms with Crippen LogP contribution in [0.5, 0.6) is 0 Å². The highest BCUT2D eigenvalue weighted by Crippen LogP contribution is 2.26. The molecule has 6 unspecified atom stereocenters. The molecule has 0 bridgehead atoms. The van der Waals surface area contributed by atoms with Gasteiger partial charge in [-0.15, -0.1) is 0 Å². The summed E-state index contributed by atoms with van der Waals surface area (Å²) in [4.78, 5) is 51.3. The van der Waals surface area contributed by atoms with Gasteiger partial charge in [0.05, 0.1) is 6.61 Å². The van der Waals surface area contributed by atoms with Gasteiger partial charge in [0.25, 0.3) is 0 Å². The lowest BCUT2D eigenvalue weighted by molar-refractivity contribution is -0.301. The Hall–Kier alpha value is -4.62. The van der Waals surface area contributed by atoms with Crippen molar-refractivity contribution < 1.29 is 58.2 Å². The van der Waals surface area contributed by atoms with Gasteiger partial charge in [-0.1, -0.05) is 226 Å². The minimum absolute atomic E-state index is 0.0324. The van der Waals surface area contributed by atoms with E-state index >= 15 is 0 Å². The van der Waals surface area contributed by atoms with Crippen LogP contribution >= 0.6 is 0 Å². The van der Waals surface area contributed by atoms with Gasteiger partial charge in [0.1, 0.15) is 18.8 Å². The van der Waals surface area contributed by atoms with Crippen LogP contribution in [0.2, 0.25) is 0 Å². The summed E-state index contributed by atoms with van der Waals surface area (Å²) in [6.45, 7) is 5.78. The number of aliphatic hydroxyl groups is 2. The maximum absolute atomic E-state index is 13.2. The van der Waals surface area contributed by atoms with Gasteiger partial charge in [-0.25, -0.2) is 4.79 Å². The van der Waals surface area contributed by atoms with Gasteiger partial charge < -0.3 is 39.0 Å². The highest BCUT2D eigenvalue weighted by Gasteiger charge is 2.50. The zero-order valence-corrected chi connectivity index (χ0v) is 50.7. The number of hydrogen-bond donors (Lipinski definition) is 3. The number of unbranched alkanes of at least 4 members (excludes halogenated alkanes) is 21. The standard InChI is InChI=1S/C69H112O12/c1-4-7-10-13-16-19-22-25-28-30-31-33-35-37-40-43-46-49-52-55-61(70)77-58-60(79-62(71)56-53-50-47-44-41-39-36-32-29-26-23-20-17-14-11-8-5-2)59-78-69-67(65(74)64(73)66(81-69)68(75)76)80-63(72)57-54-51-48-45-42-38-34-27-24-21-18-15-12-9-6-3/h7,10,16,18-19,21,25-29,31,33-34,37,40,46,49,60,64-67,69,73-74H,4-6,8-9,11-15,17,20,22-24,30,32,35-36,38-39,41-45,47-48,50-59H2,1-3H3,(H,75,76)/b10-7-,19-16-,21-18-,28-25-,29-26-,33-31-,34-27-,40-37-,49-46-. The molecule has 0 aromatic heterocycles. The van der Waals surface area contributed by atoms with E-state index in [0.717, 1.165) is 116 Å². The number of allylic oxidation sites excluding steroid dienone is 18. The van der Waals surface area contributed by atoms with Crippen molar-refractivity contribution in [3.63, 3.8) is 0 Å². The minimum Gasteiger partial charge on any atom is -0.479 e. The lowest BCUT2D eigenvalue weighted by Crippen LogP contribution is -2.61. The van der Waals surface area contributed by atoms with E-state index in [9.17, 15) is 34.5 Å². The number of aliphatic carboxylic acids is 1. The van der Waals surface area contributed by atoms with Crippen molar-refractivity contribution in [3.05, 3.63) is 109 Å². The molecule has 0 aromatic rings. The van der Waals surface area contributed by atoms with E-state index in [0.29, 0.717) is 19.3 Å².